The van der Waals surface area contributed by atoms with Crippen LogP contribution >= 0.6 is 24.0 Å². The number of hydrogen-bond acceptors (Lipinski definition) is 2. The van der Waals surface area contributed by atoms with Crippen molar-refractivity contribution in [2.24, 2.45) is 5.92 Å². The predicted octanol–water partition coefficient (Wildman–Crippen LogP) is 4.32. The van der Waals surface area contributed by atoms with Crippen LogP contribution in [0.5, 0.6) is 0 Å². The van der Waals surface area contributed by atoms with Crippen molar-refractivity contribution < 1.29 is 13.6 Å². The second-order valence-electron chi connectivity index (χ2n) is 6.86. The summed E-state index contributed by atoms with van der Waals surface area (Å²) in [5.74, 6) is -2.26. The van der Waals surface area contributed by atoms with Gasteiger partial charge in [-0.25, -0.2) is 8.78 Å². The molecule has 7 heteroatoms. The van der Waals surface area contributed by atoms with Gasteiger partial charge >= 0.3 is 0 Å². The van der Waals surface area contributed by atoms with Gasteiger partial charge in [0.05, 0.1) is 6.04 Å². The van der Waals surface area contributed by atoms with Crippen molar-refractivity contribution in [1.29, 1.82) is 0 Å². The van der Waals surface area contributed by atoms with E-state index in [1.54, 1.807) is 6.07 Å². The lowest BCUT2D eigenvalue weighted by Gasteiger charge is -2.37. The fourth-order valence-corrected chi connectivity index (χ4v) is 4.08. The number of benzene rings is 2. The first-order valence-electron chi connectivity index (χ1n) is 8.77. The summed E-state index contributed by atoms with van der Waals surface area (Å²) in [4.78, 5) is 14.9. The number of nitrogens with zero attached hydrogens (tertiary/aromatic N) is 1. The Morgan fingerprint density at radius 1 is 1.11 bits per heavy atom. The number of rotatable bonds is 3. The average Bonchev–Trinajstić information content (AvgIpc) is 3.44. The second kappa shape index (κ2) is 8.13. The van der Waals surface area contributed by atoms with Gasteiger partial charge in [0.15, 0.2) is 11.6 Å². The molecule has 1 saturated heterocycles. The normalized spacial score (nSPS) is 24.3. The van der Waals surface area contributed by atoms with E-state index < -0.39 is 11.6 Å². The third-order valence-electron chi connectivity index (χ3n) is 5.28. The SMILES string of the molecule is Cl.O=C(C1CC1c1cccc(F)c1F)N1CCNCC1c1ccccc1Cl. The molecule has 1 aliphatic heterocycles. The average molecular weight is 413 g/mol. The van der Waals surface area contributed by atoms with Crippen molar-refractivity contribution >= 4 is 29.9 Å². The van der Waals surface area contributed by atoms with Crippen molar-refractivity contribution in [2.45, 2.75) is 18.4 Å². The van der Waals surface area contributed by atoms with Crippen LogP contribution in [0, 0.1) is 17.6 Å². The van der Waals surface area contributed by atoms with Gasteiger partial charge in [0, 0.05) is 30.6 Å². The summed E-state index contributed by atoms with van der Waals surface area (Å²) in [7, 11) is 0. The molecule has 0 aromatic heterocycles. The first kappa shape index (κ1) is 20.1. The van der Waals surface area contributed by atoms with Crippen LogP contribution in [0.3, 0.4) is 0 Å². The molecule has 2 aromatic carbocycles. The van der Waals surface area contributed by atoms with Gasteiger partial charge in [-0.15, -0.1) is 12.4 Å². The lowest BCUT2D eigenvalue weighted by molar-refractivity contribution is -0.136. The number of piperazine rings is 1. The summed E-state index contributed by atoms with van der Waals surface area (Å²) in [5, 5.41) is 3.93. The largest absolute Gasteiger partial charge is 0.333 e. The monoisotopic (exact) mass is 412 g/mol. The minimum absolute atomic E-state index is 0. The summed E-state index contributed by atoms with van der Waals surface area (Å²) < 4.78 is 27.5. The number of halogens is 4. The minimum atomic E-state index is -0.864. The van der Waals surface area contributed by atoms with Gasteiger partial charge in [0.25, 0.3) is 0 Å². The highest BCUT2D eigenvalue weighted by molar-refractivity contribution is 6.31. The highest BCUT2D eigenvalue weighted by Crippen LogP contribution is 2.50. The van der Waals surface area contributed by atoms with E-state index in [0.29, 0.717) is 36.6 Å². The van der Waals surface area contributed by atoms with Crippen LogP contribution in [-0.2, 0) is 4.79 Å². The first-order valence-corrected chi connectivity index (χ1v) is 9.15. The Hall–Kier alpha value is -1.69. The van der Waals surface area contributed by atoms with Crippen LogP contribution in [0.15, 0.2) is 42.5 Å². The fourth-order valence-electron chi connectivity index (χ4n) is 3.82. The van der Waals surface area contributed by atoms with Gasteiger partial charge in [0.1, 0.15) is 0 Å². The number of carbonyl (C=O) groups excluding carboxylic acids is 1. The van der Waals surface area contributed by atoms with Crippen LogP contribution in [0.2, 0.25) is 5.02 Å². The van der Waals surface area contributed by atoms with Crippen LogP contribution in [-0.4, -0.2) is 30.4 Å². The molecule has 0 spiro atoms. The highest BCUT2D eigenvalue weighted by atomic mass is 35.5. The summed E-state index contributed by atoms with van der Waals surface area (Å²) >= 11 is 6.33. The molecule has 1 N–H and O–H groups in total. The van der Waals surface area contributed by atoms with Gasteiger partial charge in [0.2, 0.25) is 5.91 Å². The zero-order chi connectivity index (χ0) is 18.3. The number of hydrogen-bond donors (Lipinski definition) is 1. The van der Waals surface area contributed by atoms with Crippen LogP contribution in [0.25, 0.3) is 0 Å². The molecule has 1 saturated carbocycles. The first-order chi connectivity index (χ1) is 12.6. The molecule has 1 amide bonds. The Labute approximate surface area is 168 Å². The Kier molecular flexibility index (Phi) is 6.04. The molecule has 1 aliphatic carbocycles. The van der Waals surface area contributed by atoms with Crippen molar-refractivity contribution in [2.75, 3.05) is 19.6 Å². The topological polar surface area (TPSA) is 32.3 Å². The van der Waals surface area contributed by atoms with E-state index in [4.69, 9.17) is 11.6 Å². The van der Waals surface area contributed by atoms with E-state index in [2.05, 4.69) is 5.32 Å². The number of nitrogens with one attached hydrogen (secondary N) is 1. The van der Waals surface area contributed by atoms with Gasteiger partial charge in [-0.1, -0.05) is 41.9 Å². The molecular formula is C20H20Cl2F2N2O. The lowest BCUT2D eigenvalue weighted by atomic mass is 10.0. The zero-order valence-corrected chi connectivity index (χ0v) is 16.1. The second-order valence-corrected chi connectivity index (χ2v) is 7.27. The van der Waals surface area contributed by atoms with Crippen molar-refractivity contribution in [3.8, 4) is 0 Å². The Bertz CT molecular complexity index is 848. The van der Waals surface area contributed by atoms with E-state index in [-0.39, 0.29) is 36.2 Å². The molecule has 0 radical (unpaired) electrons. The molecule has 2 fully saturated rings. The van der Waals surface area contributed by atoms with Crippen molar-refractivity contribution in [1.82, 2.24) is 10.2 Å². The molecular weight excluding hydrogens is 393 g/mol. The molecule has 27 heavy (non-hydrogen) atoms. The fraction of sp³-hybridized carbons (Fsp3) is 0.350. The van der Waals surface area contributed by atoms with E-state index >= 15 is 0 Å². The molecule has 3 unspecified atom stereocenters. The van der Waals surface area contributed by atoms with Gasteiger partial charge in [-0.2, -0.15) is 0 Å². The molecule has 4 rings (SSSR count). The smallest absolute Gasteiger partial charge is 0.226 e. The molecule has 3 atom stereocenters. The standard InChI is InChI=1S/C20H19ClF2N2O.ClH/c21-16-6-2-1-4-13(16)18-11-24-8-9-25(18)20(26)15-10-14(15)12-5-3-7-17(22)19(12)23;/h1-7,14-15,18,24H,8-11H2;1H. The summed E-state index contributed by atoms with van der Waals surface area (Å²) in [6.45, 7) is 1.91. The van der Waals surface area contributed by atoms with Crippen LogP contribution in [0.1, 0.15) is 29.5 Å². The maximum Gasteiger partial charge on any atom is 0.226 e. The third-order valence-corrected chi connectivity index (χ3v) is 5.62. The Morgan fingerprint density at radius 2 is 1.85 bits per heavy atom. The maximum absolute atomic E-state index is 14.0. The van der Waals surface area contributed by atoms with E-state index in [1.165, 1.54) is 6.07 Å². The molecule has 3 nitrogen and oxygen atoms in total. The molecule has 2 aliphatic rings. The molecule has 1 heterocycles. The third kappa shape index (κ3) is 3.82. The van der Waals surface area contributed by atoms with Crippen molar-refractivity contribution in [3.05, 3.63) is 70.2 Å². The Morgan fingerprint density at radius 3 is 2.63 bits per heavy atom. The van der Waals surface area contributed by atoms with Crippen LogP contribution < -0.4 is 5.32 Å². The molecule has 2 aromatic rings. The van der Waals surface area contributed by atoms with Gasteiger partial charge < -0.3 is 10.2 Å². The number of carbonyl (C=O) groups is 1. The summed E-state index contributed by atoms with van der Waals surface area (Å²) in [5.41, 5.74) is 1.21. The molecule has 0 bridgehead atoms. The van der Waals surface area contributed by atoms with E-state index in [9.17, 15) is 13.6 Å². The van der Waals surface area contributed by atoms with Crippen molar-refractivity contribution in [3.63, 3.8) is 0 Å². The van der Waals surface area contributed by atoms with E-state index in [0.717, 1.165) is 11.6 Å². The minimum Gasteiger partial charge on any atom is -0.333 e. The maximum atomic E-state index is 14.0. The zero-order valence-electron chi connectivity index (χ0n) is 14.5. The van der Waals surface area contributed by atoms with Crippen LogP contribution in [0.4, 0.5) is 8.78 Å². The summed E-state index contributed by atoms with van der Waals surface area (Å²) in [6, 6.07) is 11.5. The predicted molar refractivity (Wildman–Crippen MR) is 103 cm³/mol. The van der Waals surface area contributed by atoms with Gasteiger partial charge in [-0.05, 0) is 35.6 Å². The lowest BCUT2D eigenvalue weighted by Crippen LogP contribution is -2.49. The van der Waals surface area contributed by atoms with Gasteiger partial charge in [-0.3, -0.25) is 4.79 Å². The Balaban J connectivity index is 0.00000210. The highest BCUT2D eigenvalue weighted by Gasteiger charge is 2.48. The van der Waals surface area contributed by atoms with E-state index in [1.807, 2.05) is 29.2 Å². The quantitative estimate of drug-likeness (QED) is 0.813. The summed E-state index contributed by atoms with van der Waals surface area (Å²) in [6.07, 6.45) is 0.554. The number of amides is 1. The molecule has 144 valence electrons.